The molecular formula is C12H15FO3. The molecule has 1 aromatic carbocycles. The Morgan fingerprint density at radius 2 is 2.06 bits per heavy atom. The highest BCUT2D eigenvalue weighted by molar-refractivity contribution is 5.82. The summed E-state index contributed by atoms with van der Waals surface area (Å²) in [7, 11) is 1.56. The topological polar surface area (TPSA) is 35.5 Å². The van der Waals surface area contributed by atoms with Crippen molar-refractivity contribution in [2.75, 3.05) is 26.9 Å². The summed E-state index contributed by atoms with van der Waals surface area (Å²) in [5.41, 5.74) is 0.405. The van der Waals surface area contributed by atoms with E-state index in [0.29, 0.717) is 18.8 Å². The molecule has 0 radical (unpaired) electrons. The van der Waals surface area contributed by atoms with Gasteiger partial charge in [0.05, 0.1) is 13.2 Å². The van der Waals surface area contributed by atoms with Crippen LogP contribution >= 0.6 is 0 Å². The Morgan fingerprint density at radius 1 is 1.31 bits per heavy atom. The summed E-state index contributed by atoms with van der Waals surface area (Å²) >= 11 is 0. The van der Waals surface area contributed by atoms with Gasteiger partial charge in [-0.05, 0) is 11.6 Å². The number of benzene rings is 1. The first-order valence-corrected chi connectivity index (χ1v) is 5.06. The number of carbonyl (C=O) groups is 1. The third-order valence-corrected chi connectivity index (χ3v) is 2.04. The first kappa shape index (κ1) is 12.8. The molecule has 4 heteroatoms. The minimum atomic E-state index is -0.354. The first-order valence-electron chi connectivity index (χ1n) is 5.06. The zero-order valence-corrected chi connectivity index (χ0v) is 9.24. The fourth-order valence-corrected chi connectivity index (χ4v) is 1.23. The normalized spacial score (nSPS) is 10.4. The van der Waals surface area contributed by atoms with Crippen LogP contribution < -0.4 is 0 Å². The zero-order chi connectivity index (χ0) is 11.8. The SMILES string of the molecule is COCCOCC(=O)Cc1ccccc1F. The Kier molecular flexibility index (Phi) is 5.67. The maximum absolute atomic E-state index is 13.2. The average molecular weight is 226 g/mol. The molecule has 0 amide bonds. The molecule has 1 rings (SSSR count). The maximum Gasteiger partial charge on any atom is 0.162 e. The van der Waals surface area contributed by atoms with Crippen molar-refractivity contribution < 1.29 is 18.7 Å². The molecule has 0 fully saturated rings. The van der Waals surface area contributed by atoms with Gasteiger partial charge in [0, 0.05) is 13.5 Å². The number of halogens is 1. The summed E-state index contributed by atoms with van der Waals surface area (Å²) in [6, 6.07) is 6.24. The second-order valence-corrected chi connectivity index (χ2v) is 3.35. The van der Waals surface area contributed by atoms with E-state index < -0.39 is 0 Å². The molecule has 0 heterocycles. The molecule has 1 aromatic rings. The van der Waals surface area contributed by atoms with Gasteiger partial charge in [0.1, 0.15) is 12.4 Å². The fourth-order valence-electron chi connectivity index (χ4n) is 1.23. The van der Waals surface area contributed by atoms with Crippen LogP contribution in [0.5, 0.6) is 0 Å². The molecule has 0 aromatic heterocycles. The van der Waals surface area contributed by atoms with E-state index in [0.717, 1.165) is 0 Å². The van der Waals surface area contributed by atoms with Crippen molar-refractivity contribution in [1.29, 1.82) is 0 Å². The molecule has 3 nitrogen and oxygen atoms in total. The predicted octanol–water partition coefficient (Wildman–Crippen LogP) is 1.60. The van der Waals surface area contributed by atoms with Gasteiger partial charge < -0.3 is 9.47 Å². The van der Waals surface area contributed by atoms with E-state index in [9.17, 15) is 9.18 Å². The van der Waals surface area contributed by atoms with Crippen LogP contribution in [0.15, 0.2) is 24.3 Å². The van der Waals surface area contributed by atoms with Gasteiger partial charge in [0.2, 0.25) is 0 Å². The molecule has 0 bridgehead atoms. The van der Waals surface area contributed by atoms with E-state index in [4.69, 9.17) is 9.47 Å². The Bertz CT molecular complexity index is 339. The summed E-state index contributed by atoms with van der Waals surface area (Å²) in [5.74, 6) is -0.492. The van der Waals surface area contributed by atoms with Gasteiger partial charge in [0.15, 0.2) is 5.78 Å². The highest BCUT2D eigenvalue weighted by atomic mass is 19.1. The van der Waals surface area contributed by atoms with Crippen LogP contribution in [0.3, 0.4) is 0 Å². The number of ether oxygens (including phenoxy) is 2. The second-order valence-electron chi connectivity index (χ2n) is 3.35. The fraction of sp³-hybridized carbons (Fsp3) is 0.417. The van der Waals surface area contributed by atoms with Gasteiger partial charge in [-0.1, -0.05) is 18.2 Å². The van der Waals surface area contributed by atoms with Crippen molar-refractivity contribution in [3.63, 3.8) is 0 Å². The molecule has 0 saturated carbocycles. The van der Waals surface area contributed by atoms with Gasteiger partial charge in [-0.25, -0.2) is 4.39 Å². The van der Waals surface area contributed by atoms with Crippen LogP contribution in [0.25, 0.3) is 0 Å². The largest absolute Gasteiger partial charge is 0.382 e. The van der Waals surface area contributed by atoms with Crippen molar-refractivity contribution in [3.05, 3.63) is 35.6 Å². The van der Waals surface area contributed by atoms with Gasteiger partial charge >= 0.3 is 0 Å². The molecule has 0 unspecified atom stereocenters. The van der Waals surface area contributed by atoms with E-state index in [1.165, 1.54) is 6.07 Å². The van der Waals surface area contributed by atoms with Crippen LogP contribution in [0.1, 0.15) is 5.56 Å². The van der Waals surface area contributed by atoms with Crippen molar-refractivity contribution in [3.8, 4) is 0 Å². The lowest BCUT2D eigenvalue weighted by molar-refractivity contribution is -0.123. The molecule has 0 atom stereocenters. The zero-order valence-electron chi connectivity index (χ0n) is 9.24. The summed E-state index contributed by atoms with van der Waals surface area (Å²) in [4.78, 5) is 11.4. The summed E-state index contributed by atoms with van der Waals surface area (Å²) in [6.45, 7) is 0.824. The number of hydrogen-bond acceptors (Lipinski definition) is 3. The van der Waals surface area contributed by atoms with Gasteiger partial charge in [-0.2, -0.15) is 0 Å². The Labute approximate surface area is 94.2 Å². The maximum atomic E-state index is 13.2. The first-order chi connectivity index (χ1) is 7.74. The standard InChI is InChI=1S/C12H15FO3/c1-15-6-7-16-9-11(14)8-10-4-2-3-5-12(10)13/h2-5H,6-9H2,1H3. The lowest BCUT2D eigenvalue weighted by Crippen LogP contribution is -2.14. The number of hydrogen-bond donors (Lipinski definition) is 0. The van der Waals surface area contributed by atoms with Crippen molar-refractivity contribution in [2.45, 2.75) is 6.42 Å². The van der Waals surface area contributed by atoms with Crippen LogP contribution in [0.4, 0.5) is 4.39 Å². The quantitative estimate of drug-likeness (QED) is 0.662. The van der Waals surface area contributed by atoms with Crippen LogP contribution in [-0.4, -0.2) is 32.7 Å². The second kappa shape index (κ2) is 7.09. The molecule has 88 valence electrons. The Morgan fingerprint density at radius 3 is 2.75 bits per heavy atom. The number of Topliss-reactive ketones (excluding diaryl/α,β-unsaturated/α-hetero) is 1. The predicted molar refractivity (Wildman–Crippen MR) is 57.8 cm³/mol. The third-order valence-electron chi connectivity index (χ3n) is 2.04. The summed E-state index contributed by atoms with van der Waals surface area (Å²) in [5, 5.41) is 0. The van der Waals surface area contributed by atoms with Gasteiger partial charge in [-0.15, -0.1) is 0 Å². The van der Waals surface area contributed by atoms with Crippen LogP contribution in [0, 0.1) is 5.82 Å². The molecule has 0 N–H and O–H groups in total. The smallest absolute Gasteiger partial charge is 0.162 e. The van der Waals surface area contributed by atoms with E-state index >= 15 is 0 Å². The van der Waals surface area contributed by atoms with Crippen LogP contribution in [-0.2, 0) is 20.7 Å². The van der Waals surface area contributed by atoms with E-state index in [1.54, 1.807) is 25.3 Å². The van der Waals surface area contributed by atoms with E-state index in [1.807, 2.05) is 0 Å². The van der Waals surface area contributed by atoms with E-state index in [-0.39, 0.29) is 24.6 Å². The summed E-state index contributed by atoms with van der Waals surface area (Å²) < 4.78 is 23.0. The third kappa shape index (κ3) is 4.51. The lowest BCUT2D eigenvalue weighted by Gasteiger charge is -2.04. The molecule has 0 aliphatic carbocycles. The Balaban J connectivity index is 2.32. The number of methoxy groups -OCH3 is 1. The minimum absolute atomic E-state index is 0.00229. The molecule has 0 aliphatic heterocycles. The molecule has 0 aliphatic rings. The minimum Gasteiger partial charge on any atom is -0.382 e. The summed E-state index contributed by atoms with van der Waals surface area (Å²) in [6.07, 6.45) is 0.0691. The Hall–Kier alpha value is -1.26. The van der Waals surface area contributed by atoms with Crippen molar-refractivity contribution in [2.24, 2.45) is 0 Å². The van der Waals surface area contributed by atoms with Crippen LogP contribution in [0.2, 0.25) is 0 Å². The van der Waals surface area contributed by atoms with Gasteiger partial charge in [-0.3, -0.25) is 4.79 Å². The average Bonchev–Trinajstić information content (AvgIpc) is 2.28. The van der Waals surface area contributed by atoms with Crippen molar-refractivity contribution in [1.82, 2.24) is 0 Å². The molecule has 16 heavy (non-hydrogen) atoms. The van der Waals surface area contributed by atoms with E-state index in [2.05, 4.69) is 0 Å². The number of rotatable bonds is 7. The molecule has 0 spiro atoms. The monoisotopic (exact) mass is 226 g/mol. The highest BCUT2D eigenvalue weighted by Crippen LogP contribution is 2.07. The lowest BCUT2D eigenvalue weighted by atomic mass is 10.1. The molecular weight excluding hydrogens is 211 g/mol. The van der Waals surface area contributed by atoms with Gasteiger partial charge in [0.25, 0.3) is 0 Å². The molecule has 0 saturated heterocycles. The number of ketones is 1. The highest BCUT2D eigenvalue weighted by Gasteiger charge is 2.07. The van der Waals surface area contributed by atoms with Crippen molar-refractivity contribution >= 4 is 5.78 Å². The number of carbonyl (C=O) groups excluding carboxylic acids is 1.